The van der Waals surface area contributed by atoms with E-state index in [0.29, 0.717) is 16.5 Å². The number of anilines is 1. The first-order chi connectivity index (χ1) is 13.2. The maximum absolute atomic E-state index is 12.3. The molecule has 9 nitrogen and oxygen atoms in total. The molecule has 0 unspecified atom stereocenters. The van der Waals surface area contributed by atoms with Gasteiger partial charge in [-0.3, -0.25) is 9.78 Å². The molecule has 0 aliphatic rings. The number of ether oxygens (including phenoxy) is 1. The molecule has 0 fully saturated rings. The lowest BCUT2D eigenvalue weighted by Crippen LogP contribution is -2.14. The van der Waals surface area contributed by atoms with Gasteiger partial charge in [-0.25, -0.2) is 10.1 Å². The molecule has 2 heterocycles. The Morgan fingerprint density at radius 1 is 1.37 bits per heavy atom. The van der Waals surface area contributed by atoms with Gasteiger partial charge in [0.2, 0.25) is 5.16 Å². The molecule has 0 amide bonds. The van der Waals surface area contributed by atoms with Gasteiger partial charge in [-0.2, -0.15) is 5.10 Å². The van der Waals surface area contributed by atoms with Crippen LogP contribution in [0.2, 0.25) is 0 Å². The number of carbonyl (C=O) groups excluding carboxylic acids is 1. The second-order valence-electron chi connectivity index (χ2n) is 5.28. The van der Waals surface area contributed by atoms with Crippen molar-refractivity contribution in [2.24, 2.45) is 5.10 Å². The van der Waals surface area contributed by atoms with Crippen LogP contribution in [0.5, 0.6) is 5.75 Å². The number of hydrogen-bond donors (Lipinski definition) is 2. The number of aromatic nitrogens is 4. The van der Waals surface area contributed by atoms with E-state index in [4.69, 9.17) is 10.6 Å². The van der Waals surface area contributed by atoms with Crippen LogP contribution in [0, 0.1) is 0 Å². The molecule has 0 atom stereocenters. The van der Waals surface area contributed by atoms with E-state index in [1.165, 1.54) is 16.4 Å². The fourth-order valence-electron chi connectivity index (χ4n) is 2.08. The average molecular weight is 383 g/mol. The van der Waals surface area contributed by atoms with Crippen molar-refractivity contribution in [2.75, 3.05) is 24.1 Å². The summed E-state index contributed by atoms with van der Waals surface area (Å²) in [5.74, 6) is 6.93. The fourth-order valence-corrected chi connectivity index (χ4v) is 2.83. The summed E-state index contributed by atoms with van der Waals surface area (Å²) in [5.41, 5.74) is 4.09. The highest BCUT2D eigenvalue weighted by molar-refractivity contribution is 7.99. The van der Waals surface area contributed by atoms with Crippen molar-refractivity contribution in [3.63, 3.8) is 0 Å². The predicted octanol–water partition coefficient (Wildman–Crippen LogP) is 1.82. The number of carbonyl (C=O) groups is 1. The average Bonchev–Trinajstić information content (AvgIpc) is 3.06. The summed E-state index contributed by atoms with van der Waals surface area (Å²) in [6, 6.07) is 10.6. The van der Waals surface area contributed by atoms with E-state index < -0.39 is 0 Å². The minimum atomic E-state index is -0.0639. The van der Waals surface area contributed by atoms with Crippen molar-refractivity contribution in [3.05, 3.63) is 59.9 Å². The number of hydrogen-bond acceptors (Lipinski definition) is 9. The first kappa shape index (κ1) is 18.4. The third-order valence-corrected chi connectivity index (χ3v) is 4.39. The van der Waals surface area contributed by atoms with Crippen LogP contribution in [-0.2, 0) is 0 Å². The first-order valence-electron chi connectivity index (χ1n) is 7.87. The van der Waals surface area contributed by atoms with Crippen molar-refractivity contribution in [3.8, 4) is 5.75 Å². The third kappa shape index (κ3) is 4.82. The number of nitrogens with one attached hydrogen (secondary N) is 1. The Balaban J connectivity index is 1.58. The number of nitrogens with zero attached hydrogens (tertiary/aromatic N) is 5. The Labute approximate surface area is 159 Å². The summed E-state index contributed by atoms with van der Waals surface area (Å²) in [7, 11) is 1.56. The van der Waals surface area contributed by atoms with Gasteiger partial charge < -0.3 is 10.6 Å². The van der Waals surface area contributed by atoms with Crippen LogP contribution in [0.1, 0.15) is 15.9 Å². The fraction of sp³-hybridized carbons (Fsp3) is 0.118. The van der Waals surface area contributed by atoms with E-state index in [-0.39, 0.29) is 17.5 Å². The Bertz CT molecular complexity index is 943. The van der Waals surface area contributed by atoms with E-state index >= 15 is 0 Å². The largest absolute Gasteiger partial charge is 0.497 e. The lowest BCUT2D eigenvalue weighted by Gasteiger charge is -2.04. The number of hydrazone groups is 1. The van der Waals surface area contributed by atoms with Gasteiger partial charge in [-0.15, -0.1) is 10.2 Å². The molecule has 138 valence electrons. The highest BCUT2D eigenvalue weighted by atomic mass is 32.2. The monoisotopic (exact) mass is 383 g/mol. The Morgan fingerprint density at radius 3 is 3.04 bits per heavy atom. The van der Waals surface area contributed by atoms with Crippen LogP contribution in [-0.4, -0.2) is 44.7 Å². The van der Waals surface area contributed by atoms with Gasteiger partial charge >= 0.3 is 0 Å². The molecule has 10 heteroatoms. The smallest absolute Gasteiger partial charge is 0.264 e. The third-order valence-electron chi connectivity index (χ3n) is 3.45. The Hall–Kier alpha value is -3.40. The van der Waals surface area contributed by atoms with Gasteiger partial charge in [0.25, 0.3) is 5.95 Å². The number of methoxy groups -OCH3 is 1. The standard InChI is InChI=1S/C17H17N7O2S/c1-26-14-6-2-5-13(8-14)15(25)11-27-17-23-22-16(24(17)18)21-20-10-12-4-3-7-19-9-12/h2-10H,11,18H2,1H3,(H,21,22)/b20-10+. The van der Waals surface area contributed by atoms with Crippen LogP contribution in [0.15, 0.2) is 59.0 Å². The molecular formula is C17H17N7O2S. The van der Waals surface area contributed by atoms with Gasteiger partial charge in [0.05, 0.1) is 19.1 Å². The second-order valence-corrected chi connectivity index (χ2v) is 6.22. The van der Waals surface area contributed by atoms with E-state index in [2.05, 4.69) is 25.7 Å². The molecule has 3 N–H and O–H groups in total. The minimum absolute atomic E-state index is 0.0639. The van der Waals surface area contributed by atoms with Gasteiger partial charge in [-0.1, -0.05) is 30.0 Å². The molecule has 3 aromatic rings. The molecule has 3 rings (SSSR count). The summed E-state index contributed by atoms with van der Waals surface area (Å²) >= 11 is 1.19. The molecule has 27 heavy (non-hydrogen) atoms. The van der Waals surface area contributed by atoms with Crippen molar-refractivity contribution < 1.29 is 9.53 Å². The zero-order valence-electron chi connectivity index (χ0n) is 14.4. The molecule has 1 aromatic carbocycles. The predicted molar refractivity (Wildman–Crippen MR) is 104 cm³/mol. The molecule has 0 saturated carbocycles. The van der Waals surface area contributed by atoms with Crippen molar-refractivity contribution in [1.82, 2.24) is 19.9 Å². The lowest BCUT2D eigenvalue weighted by molar-refractivity contribution is 0.102. The maximum atomic E-state index is 12.3. The van der Waals surface area contributed by atoms with Gasteiger partial charge in [0, 0.05) is 23.5 Å². The minimum Gasteiger partial charge on any atom is -0.497 e. The van der Waals surface area contributed by atoms with Gasteiger partial charge in [0.15, 0.2) is 5.78 Å². The highest BCUT2D eigenvalue weighted by Gasteiger charge is 2.13. The second kappa shape index (κ2) is 8.81. The molecule has 0 aliphatic heterocycles. The Morgan fingerprint density at radius 2 is 2.26 bits per heavy atom. The number of ketones is 1. The topological polar surface area (TPSA) is 120 Å². The molecule has 0 aliphatic carbocycles. The number of nitrogen functional groups attached to an aromatic ring is 1. The molecule has 0 saturated heterocycles. The number of Topliss-reactive ketones (excluding diaryl/α,β-unsaturated/α-hetero) is 1. The lowest BCUT2D eigenvalue weighted by atomic mass is 10.1. The van der Waals surface area contributed by atoms with Crippen LogP contribution >= 0.6 is 11.8 Å². The highest BCUT2D eigenvalue weighted by Crippen LogP contribution is 2.20. The zero-order chi connectivity index (χ0) is 19.1. The van der Waals surface area contributed by atoms with Crippen molar-refractivity contribution in [2.45, 2.75) is 5.16 Å². The molecule has 2 aromatic heterocycles. The van der Waals surface area contributed by atoms with E-state index in [1.54, 1.807) is 56.0 Å². The molecule has 0 spiro atoms. The zero-order valence-corrected chi connectivity index (χ0v) is 15.3. The van der Waals surface area contributed by atoms with Crippen molar-refractivity contribution in [1.29, 1.82) is 0 Å². The number of pyridine rings is 1. The van der Waals surface area contributed by atoms with Gasteiger partial charge in [-0.05, 0) is 18.2 Å². The molecule has 0 radical (unpaired) electrons. The van der Waals surface area contributed by atoms with E-state index in [9.17, 15) is 4.79 Å². The van der Waals surface area contributed by atoms with Gasteiger partial charge in [0.1, 0.15) is 5.75 Å². The normalized spacial score (nSPS) is 10.9. The SMILES string of the molecule is COc1cccc(C(=O)CSc2nnc(N/N=C/c3cccnc3)n2N)c1. The van der Waals surface area contributed by atoms with Crippen LogP contribution in [0.25, 0.3) is 0 Å². The number of thioether (sulfide) groups is 1. The summed E-state index contributed by atoms with van der Waals surface area (Å²) in [4.78, 5) is 16.3. The molecule has 0 bridgehead atoms. The van der Waals surface area contributed by atoms with Crippen LogP contribution < -0.4 is 16.0 Å². The number of nitrogens with two attached hydrogens (primary N) is 1. The van der Waals surface area contributed by atoms with Crippen LogP contribution in [0.4, 0.5) is 5.95 Å². The molecular weight excluding hydrogens is 366 g/mol. The Kier molecular flexibility index (Phi) is 6.00. The summed E-state index contributed by atoms with van der Waals surface area (Å²) in [6.45, 7) is 0. The quantitative estimate of drug-likeness (QED) is 0.199. The summed E-state index contributed by atoms with van der Waals surface area (Å²) < 4.78 is 6.37. The van der Waals surface area contributed by atoms with Crippen molar-refractivity contribution >= 4 is 29.7 Å². The first-order valence-corrected chi connectivity index (χ1v) is 8.85. The summed E-state index contributed by atoms with van der Waals surface area (Å²) in [6.07, 6.45) is 4.93. The van der Waals surface area contributed by atoms with Crippen LogP contribution in [0.3, 0.4) is 0 Å². The summed E-state index contributed by atoms with van der Waals surface area (Å²) in [5, 5.41) is 12.3. The maximum Gasteiger partial charge on any atom is 0.264 e. The van der Waals surface area contributed by atoms with E-state index in [0.717, 1.165) is 5.56 Å². The van der Waals surface area contributed by atoms with E-state index in [1.807, 2.05) is 6.07 Å². The number of benzene rings is 1. The number of rotatable bonds is 8.